The number of aryl methyl sites for hydroxylation is 2. The van der Waals surface area contributed by atoms with Crippen LogP contribution in [0.1, 0.15) is 83.3 Å². The Bertz CT molecular complexity index is 557. The van der Waals surface area contributed by atoms with Gasteiger partial charge >= 0.3 is 0 Å². The SMILES string of the molecule is CCCCCC(=O)NC(CCC)C(=O)NCCCc1ccccc1CCC. The second-order valence-corrected chi connectivity index (χ2v) is 7.28. The van der Waals surface area contributed by atoms with E-state index in [9.17, 15) is 9.59 Å². The average molecular weight is 375 g/mol. The van der Waals surface area contributed by atoms with Gasteiger partial charge in [-0.1, -0.05) is 70.7 Å². The molecule has 0 bridgehead atoms. The lowest BCUT2D eigenvalue weighted by atomic mass is 9.99. The molecule has 0 saturated heterocycles. The normalized spacial score (nSPS) is 11.8. The van der Waals surface area contributed by atoms with Gasteiger partial charge in [0.2, 0.25) is 11.8 Å². The Morgan fingerprint density at radius 1 is 0.889 bits per heavy atom. The van der Waals surface area contributed by atoms with E-state index in [0.717, 1.165) is 51.4 Å². The summed E-state index contributed by atoms with van der Waals surface area (Å²) in [6.45, 7) is 6.99. The molecule has 1 unspecified atom stereocenters. The van der Waals surface area contributed by atoms with Crippen LogP contribution in [0.3, 0.4) is 0 Å². The first-order valence-corrected chi connectivity index (χ1v) is 10.8. The summed E-state index contributed by atoms with van der Waals surface area (Å²) < 4.78 is 0. The topological polar surface area (TPSA) is 58.2 Å². The minimum atomic E-state index is -0.406. The van der Waals surface area contributed by atoms with Crippen LogP contribution in [0.15, 0.2) is 24.3 Å². The zero-order chi connectivity index (χ0) is 19.9. The molecule has 0 spiro atoms. The van der Waals surface area contributed by atoms with Gasteiger partial charge in [0.1, 0.15) is 6.04 Å². The van der Waals surface area contributed by atoms with E-state index in [1.807, 2.05) is 6.92 Å². The smallest absolute Gasteiger partial charge is 0.242 e. The molecule has 0 heterocycles. The van der Waals surface area contributed by atoms with Crippen LogP contribution in [0.25, 0.3) is 0 Å². The van der Waals surface area contributed by atoms with E-state index in [1.165, 1.54) is 11.1 Å². The lowest BCUT2D eigenvalue weighted by Crippen LogP contribution is -2.46. The third kappa shape index (κ3) is 9.60. The van der Waals surface area contributed by atoms with Crippen molar-refractivity contribution in [2.24, 2.45) is 0 Å². The molecule has 0 aliphatic heterocycles. The predicted octanol–water partition coefficient (Wildman–Crippen LogP) is 4.55. The maximum Gasteiger partial charge on any atom is 0.242 e. The number of unbranched alkanes of at least 4 members (excludes halogenated alkanes) is 2. The maximum absolute atomic E-state index is 12.5. The number of amides is 2. The van der Waals surface area contributed by atoms with E-state index >= 15 is 0 Å². The fourth-order valence-electron chi connectivity index (χ4n) is 3.29. The van der Waals surface area contributed by atoms with E-state index < -0.39 is 6.04 Å². The summed E-state index contributed by atoms with van der Waals surface area (Å²) in [5.74, 6) is -0.0620. The number of carbonyl (C=O) groups excluding carboxylic acids is 2. The van der Waals surface area contributed by atoms with E-state index in [2.05, 4.69) is 48.7 Å². The van der Waals surface area contributed by atoms with Gasteiger partial charge in [-0.3, -0.25) is 9.59 Å². The van der Waals surface area contributed by atoms with E-state index in [1.54, 1.807) is 0 Å². The van der Waals surface area contributed by atoms with Crippen LogP contribution >= 0.6 is 0 Å². The molecule has 0 fully saturated rings. The van der Waals surface area contributed by atoms with Crippen molar-refractivity contribution in [3.8, 4) is 0 Å². The number of carbonyl (C=O) groups is 2. The molecule has 0 radical (unpaired) electrons. The number of benzene rings is 1. The molecule has 27 heavy (non-hydrogen) atoms. The fourth-order valence-corrected chi connectivity index (χ4v) is 3.29. The Kier molecular flexibility index (Phi) is 12.2. The van der Waals surface area contributed by atoms with Crippen molar-refractivity contribution >= 4 is 11.8 Å². The lowest BCUT2D eigenvalue weighted by molar-refractivity contribution is -0.129. The first-order valence-electron chi connectivity index (χ1n) is 10.8. The summed E-state index contributed by atoms with van der Waals surface area (Å²) in [6, 6.07) is 8.15. The number of nitrogens with one attached hydrogen (secondary N) is 2. The Morgan fingerprint density at radius 3 is 2.22 bits per heavy atom. The van der Waals surface area contributed by atoms with Gasteiger partial charge in [0.25, 0.3) is 0 Å². The van der Waals surface area contributed by atoms with E-state index in [-0.39, 0.29) is 11.8 Å². The summed E-state index contributed by atoms with van der Waals surface area (Å²) in [5, 5.41) is 5.92. The van der Waals surface area contributed by atoms with Gasteiger partial charge in [-0.15, -0.1) is 0 Å². The van der Waals surface area contributed by atoms with Crippen molar-refractivity contribution in [2.45, 2.75) is 91.0 Å². The molecule has 2 amide bonds. The second kappa shape index (κ2) is 14.2. The highest BCUT2D eigenvalue weighted by Crippen LogP contribution is 2.13. The number of rotatable bonds is 14. The fraction of sp³-hybridized carbons (Fsp3) is 0.652. The molecule has 0 aliphatic rings. The summed E-state index contributed by atoms with van der Waals surface area (Å²) >= 11 is 0. The van der Waals surface area contributed by atoms with Crippen LogP contribution in [-0.2, 0) is 22.4 Å². The Labute approximate surface area is 165 Å². The minimum absolute atomic E-state index is 0.00876. The van der Waals surface area contributed by atoms with Gasteiger partial charge < -0.3 is 10.6 Å². The zero-order valence-electron chi connectivity index (χ0n) is 17.5. The van der Waals surface area contributed by atoms with Crippen LogP contribution in [0, 0.1) is 0 Å². The van der Waals surface area contributed by atoms with E-state index in [4.69, 9.17) is 0 Å². The van der Waals surface area contributed by atoms with Crippen molar-refractivity contribution in [1.82, 2.24) is 10.6 Å². The third-order valence-electron chi connectivity index (χ3n) is 4.80. The molecule has 0 saturated carbocycles. The Balaban J connectivity index is 2.40. The highest BCUT2D eigenvalue weighted by molar-refractivity contribution is 5.87. The molecule has 0 aliphatic carbocycles. The van der Waals surface area contributed by atoms with Gasteiger partial charge in [-0.25, -0.2) is 0 Å². The minimum Gasteiger partial charge on any atom is -0.354 e. The third-order valence-corrected chi connectivity index (χ3v) is 4.80. The highest BCUT2D eigenvalue weighted by Gasteiger charge is 2.19. The van der Waals surface area contributed by atoms with Crippen molar-refractivity contribution < 1.29 is 9.59 Å². The maximum atomic E-state index is 12.5. The second-order valence-electron chi connectivity index (χ2n) is 7.28. The van der Waals surface area contributed by atoms with Crippen LogP contribution in [0.4, 0.5) is 0 Å². The standard InChI is InChI=1S/C23H38N2O2/c1-4-7-8-17-22(26)25-21(13-6-3)23(27)24-18-11-16-20-15-10-9-14-19(20)12-5-2/h9-10,14-15,21H,4-8,11-13,16-18H2,1-3H3,(H,24,27)(H,25,26). The van der Waals surface area contributed by atoms with Crippen LogP contribution in [0.2, 0.25) is 0 Å². The average Bonchev–Trinajstić information content (AvgIpc) is 2.66. The van der Waals surface area contributed by atoms with Gasteiger partial charge in [-0.2, -0.15) is 0 Å². The van der Waals surface area contributed by atoms with Gasteiger partial charge in [-0.05, 0) is 43.2 Å². The highest BCUT2D eigenvalue weighted by atomic mass is 16.2. The largest absolute Gasteiger partial charge is 0.354 e. The summed E-state index contributed by atoms with van der Waals surface area (Å²) in [7, 11) is 0. The van der Waals surface area contributed by atoms with Gasteiger partial charge in [0, 0.05) is 13.0 Å². The molecule has 1 aromatic rings. The Morgan fingerprint density at radius 2 is 1.59 bits per heavy atom. The molecular weight excluding hydrogens is 336 g/mol. The van der Waals surface area contributed by atoms with Crippen molar-refractivity contribution in [3.05, 3.63) is 35.4 Å². The first-order chi connectivity index (χ1) is 13.1. The molecule has 4 nitrogen and oxygen atoms in total. The molecule has 4 heteroatoms. The molecular formula is C23H38N2O2. The zero-order valence-corrected chi connectivity index (χ0v) is 17.5. The number of hydrogen-bond donors (Lipinski definition) is 2. The van der Waals surface area contributed by atoms with Crippen LogP contribution < -0.4 is 10.6 Å². The van der Waals surface area contributed by atoms with Gasteiger partial charge in [0.05, 0.1) is 0 Å². The van der Waals surface area contributed by atoms with Crippen molar-refractivity contribution in [1.29, 1.82) is 0 Å². The van der Waals surface area contributed by atoms with Crippen LogP contribution in [0.5, 0.6) is 0 Å². The predicted molar refractivity (Wildman–Crippen MR) is 113 cm³/mol. The first kappa shape index (κ1) is 23.2. The molecule has 1 rings (SSSR count). The Hall–Kier alpha value is -1.84. The quantitative estimate of drug-likeness (QED) is 0.469. The number of hydrogen-bond acceptors (Lipinski definition) is 2. The van der Waals surface area contributed by atoms with E-state index in [0.29, 0.717) is 19.4 Å². The summed E-state index contributed by atoms with van der Waals surface area (Å²) in [5.41, 5.74) is 2.79. The lowest BCUT2D eigenvalue weighted by Gasteiger charge is -2.18. The molecule has 152 valence electrons. The molecule has 2 N–H and O–H groups in total. The van der Waals surface area contributed by atoms with Gasteiger partial charge in [0.15, 0.2) is 0 Å². The molecule has 1 atom stereocenters. The van der Waals surface area contributed by atoms with Crippen molar-refractivity contribution in [2.75, 3.05) is 6.54 Å². The summed E-state index contributed by atoms with van der Waals surface area (Å²) in [6.07, 6.45) is 9.23. The molecule has 1 aromatic carbocycles. The van der Waals surface area contributed by atoms with Crippen LogP contribution in [-0.4, -0.2) is 24.4 Å². The summed E-state index contributed by atoms with van der Waals surface area (Å²) in [4.78, 5) is 24.5. The molecule has 0 aromatic heterocycles. The van der Waals surface area contributed by atoms with Crippen molar-refractivity contribution in [3.63, 3.8) is 0 Å². The monoisotopic (exact) mass is 374 g/mol.